The molecule has 96 valence electrons. The number of nitrogens with zero attached hydrogens (tertiary/aromatic N) is 2. The number of aromatic nitrogens is 1. The van der Waals surface area contributed by atoms with E-state index in [1.165, 1.54) is 0 Å². The number of aryl methyl sites for hydroxylation is 1. The summed E-state index contributed by atoms with van der Waals surface area (Å²) in [4.78, 5) is 14.0. The highest BCUT2D eigenvalue weighted by Gasteiger charge is 2.13. The van der Waals surface area contributed by atoms with Crippen molar-refractivity contribution >= 4 is 5.78 Å². The predicted molar refractivity (Wildman–Crippen MR) is 68.2 cm³/mol. The minimum Gasteiger partial charge on any atom is -0.395 e. The molecule has 0 aliphatic rings. The molecule has 0 saturated carbocycles. The average Bonchev–Trinajstić information content (AvgIpc) is 2.72. The summed E-state index contributed by atoms with van der Waals surface area (Å²) < 4.78 is 1.83. The van der Waals surface area contributed by atoms with Gasteiger partial charge in [-0.15, -0.1) is 0 Å². The molecule has 1 aromatic rings. The number of carbonyl (C=O) groups is 1. The summed E-state index contributed by atoms with van der Waals surface area (Å²) >= 11 is 0. The van der Waals surface area contributed by atoms with E-state index in [1.807, 2.05) is 34.8 Å². The molecule has 4 nitrogen and oxygen atoms in total. The van der Waals surface area contributed by atoms with Crippen LogP contribution in [0.4, 0.5) is 0 Å². The van der Waals surface area contributed by atoms with Gasteiger partial charge in [-0.05, 0) is 25.1 Å². The molecule has 0 saturated heterocycles. The number of hydrogen-bond acceptors (Lipinski definition) is 3. The highest BCUT2D eigenvalue weighted by atomic mass is 16.3. The molecule has 0 aliphatic heterocycles. The van der Waals surface area contributed by atoms with E-state index < -0.39 is 0 Å². The molecule has 1 N–H and O–H groups in total. The smallest absolute Gasteiger partial charge is 0.193 e. The van der Waals surface area contributed by atoms with Gasteiger partial charge in [0.2, 0.25) is 0 Å². The fraction of sp³-hybridized carbons (Fsp3) is 0.615. The molecule has 0 aliphatic carbocycles. The SMILES string of the molecule is CCCCN(CCO)CC(=O)c1cccn1C. The van der Waals surface area contributed by atoms with Gasteiger partial charge in [0.15, 0.2) is 5.78 Å². The lowest BCUT2D eigenvalue weighted by molar-refractivity contribution is 0.0905. The van der Waals surface area contributed by atoms with Crippen LogP contribution >= 0.6 is 0 Å². The second kappa shape index (κ2) is 7.25. The fourth-order valence-corrected chi connectivity index (χ4v) is 1.83. The third-order valence-electron chi connectivity index (χ3n) is 2.84. The summed E-state index contributed by atoms with van der Waals surface area (Å²) in [6.07, 6.45) is 4.02. The maximum absolute atomic E-state index is 12.0. The molecule has 0 bridgehead atoms. The molecule has 1 heterocycles. The zero-order chi connectivity index (χ0) is 12.7. The van der Waals surface area contributed by atoms with Crippen LogP contribution in [0, 0.1) is 0 Å². The molecule has 1 rings (SSSR count). The lowest BCUT2D eigenvalue weighted by atomic mass is 10.2. The Kier molecular flexibility index (Phi) is 5.94. The second-order valence-corrected chi connectivity index (χ2v) is 4.28. The zero-order valence-corrected chi connectivity index (χ0v) is 10.7. The van der Waals surface area contributed by atoms with Crippen molar-refractivity contribution in [2.24, 2.45) is 7.05 Å². The number of Topliss-reactive ketones (excluding diaryl/α,β-unsaturated/α-hetero) is 1. The van der Waals surface area contributed by atoms with Gasteiger partial charge in [0, 0.05) is 19.8 Å². The van der Waals surface area contributed by atoms with Crippen LogP contribution in [0.5, 0.6) is 0 Å². The van der Waals surface area contributed by atoms with Crippen molar-refractivity contribution in [2.45, 2.75) is 19.8 Å². The van der Waals surface area contributed by atoms with Crippen molar-refractivity contribution < 1.29 is 9.90 Å². The number of aliphatic hydroxyl groups is 1. The molecular weight excluding hydrogens is 216 g/mol. The van der Waals surface area contributed by atoms with Gasteiger partial charge in [-0.3, -0.25) is 9.69 Å². The molecule has 0 aromatic carbocycles. The Morgan fingerprint density at radius 3 is 2.76 bits per heavy atom. The van der Waals surface area contributed by atoms with Gasteiger partial charge in [-0.25, -0.2) is 0 Å². The molecule has 0 spiro atoms. The van der Waals surface area contributed by atoms with Gasteiger partial charge in [-0.2, -0.15) is 0 Å². The van der Waals surface area contributed by atoms with Gasteiger partial charge in [0.05, 0.1) is 18.8 Å². The average molecular weight is 238 g/mol. The second-order valence-electron chi connectivity index (χ2n) is 4.28. The number of unbranched alkanes of at least 4 members (excludes halogenated alkanes) is 1. The quantitative estimate of drug-likeness (QED) is 0.694. The van der Waals surface area contributed by atoms with Gasteiger partial charge in [-0.1, -0.05) is 13.3 Å². The Hall–Kier alpha value is -1.13. The standard InChI is InChI=1S/C13H22N2O2/c1-3-4-8-15(9-10-16)11-13(17)12-6-5-7-14(12)2/h5-7,16H,3-4,8-11H2,1-2H3. The Labute approximate surface area is 103 Å². The highest BCUT2D eigenvalue weighted by molar-refractivity contribution is 5.96. The van der Waals surface area contributed by atoms with E-state index in [9.17, 15) is 4.79 Å². The first-order valence-corrected chi connectivity index (χ1v) is 6.16. The first-order chi connectivity index (χ1) is 8.19. The molecule has 0 radical (unpaired) electrons. The lowest BCUT2D eigenvalue weighted by Crippen LogP contribution is -2.33. The van der Waals surface area contributed by atoms with E-state index in [2.05, 4.69) is 6.92 Å². The number of rotatable bonds is 8. The van der Waals surface area contributed by atoms with Crippen molar-refractivity contribution in [3.63, 3.8) is 0 Å². The molecule has 1 aromatic heterocycles. The summed E-state index contributed by atoms with van der Waals surface area (Å²) in [5.41, 5.74) is 0.726. The Bertz CT molecular complexity index is 347. The first-order valence-electron chi connectivity index (χ1n) is 6.16. The van der Waals surface area contributed by atoms with Crippen LogP contribution in [0.15, 0.2) is 18.3 Å². The van der Waals surface area contributed by atoms with E-state index in [-0.39, 0.29) is 12.4 Å². The van der Waals surface area contributed by atoms with E-state index in [0.717, 1.165) is 25.1 Å². The third-order valence-corrected chi connectivity index (χ3v) is 2.84. The maximum Gasteiger partial charge on any atom is 0.193 e. The molecule has 17 heavy (non-hydrogen) atoms. The summed E-state index contributed by atoms with van der Waals surface area (Å²) in [5, 5.41) is 8.98. The van der Waals surface area contributed by atoms with Crippen LogP contribution < -0.4 is 0 Å². The van der Waals surface area contributed by atoms with Crippen LogP contribution in [0.25, 0.3) is 0 Å². The van der Waals surface area contributed by atoms with Crippen molar-refractivity contribution in [3.05, 3.63) is 24.0 Å². The Morgan fingerprint density at radius 2 is 2.24 bits per heavy atom. The number of hydrogen-bond donors (Lipinski definition) is 1. The maximum atomic E-state index is 12.0. The summed E-state index contributed by atoms with van der Waals surface area (Å²) in [6.45, 7) is 4.04. The molecule has 4 heteroatoms. The number of aliphatic hydroxyl groups excluding tert-OH is 1. The minimum atomic E-state index is 0.101. The van der Waals surface area contributed by atoms with Gasteiger partial charge < -0.3 is 9.67 Å². The van der Waals surface area contributed by atoms with Crippen molar-refractivity contribution in [2.75, 3.05) is 26.2 Å². The van der Waals surface area contributed by atoms with Gasteiger partial charge >= 0.3 is 0 Å². The number of carbonyl (C=O) groups excluding carboxylic acids is 1. The van der Waals surface area contributed by atoms with Crippen molar-refractivity contribution in [1.29, 1.82) is 0 Å². The lowest BCUT2D eigenvalue weighted by Gasteiger charge is -2.20. The predicted octanol–water partition coefficient (Wildman–Crippen LogP) is 1.30. The Morgan fingerprint density at radius 1 is 1.47 bits per heavy atom. The van der Waals surface area contributed by atoms with E-state index in [4.69, 9.17) is 5.11 Å². The highest BCUT2D eigenvalue weighted by Crippen LogP contribution is 2.03. The van der Waals surface area contributed by atoms with E-state index in [0.29, 0.717) is 13.1 Å². The van der Waals surface area contributed by atoms with Crippen LogP contribution in [0.1, 0.15) is 30.3 Å². The van der Waals surface area contributed by atoms with Crippen molar-refractivity contribution in [1.82, 2.24) is 9.47 Å². The molecule has 0 amide bonds. The van der Waals surface area contributed by atoms with Crippen LogP contribution in [0.2, 0.25) is 0 Å². The third kappa shape index (κ3) is 4.32. The van der Waals surface area contributed by atoms with E-state index >= 15 is 0 Å². The van der Waals surface area contributed by atoms with Crippen LogP contribution in [0.3, 0.4) is 0 Å². The normalized spacial score (nSPS) is 11.1. The molecule has 0 unspecified atom stereocenters. The van der Waals surface area contributed by atoms with Crippen LogP contribution in [-0.2, 0) is 7.05 Å². The summed E-state index contributed by atoms with van der Waals surface area (Å²) in [6, 6.07) is 3.70. The molecular formula is C13H22N2O2. The molecule has 0 fully saturated rings. The minimum absolute atomic E-state index is 0.101. The fourth-order valence-electron chi connectivity index (χ4n) is 1.83. The topological polar surface area (TPSA) is 45.5 Å². The Balaban J connectivity index is 2.54. The number of ketones is 1. The monoisotopic (exact) mass is 238 g/mol. The van der Waals surface area contributed by atoms with Gasteiger partial charge in [0.1, 0.15) is 0 Å². The van der Waals surface area contributed by atoms with Crippen molar-refractivity contribution in [3.8, 4) is 0 Å². The largest absolute Gasteiger partial charge is 0.395 e. The molecule has 0 atom stereocenters. The van der Waals surface area contributed by atoms with Crippen LogP contribution in [-0.4, -0.2) is 46.6 Å². The van der Waals surface area contributed by atoms with E-state index in [1.54, 1.807) is 0 Å². The van der Waals surface area contributed by atoms with Gasteiger partial charge in [0.25, 0.3) is 0 Å². The summed E-state index contributed by atoms with van der Waals surface area (Å²) in [5.74, 6) is 0.113. The summed E-state index contributed by atoms with van der Waals surface area (Å²) in [7, 11) is 1.87. The zero-order valence-electron chi connectivity index (χ0n) is 10.7. The first kappa shape index (κ1) is 13.9.